The fraction of sp³-hybridized carbons (Fsp3) is 0.455. The fourth-order valence-electron chi connectivity index (χ4n) is 4.32. The van der Waals surface area contributed by atoms with Gasteiger partial charge in [0.1, 0.15) is 5.82 Å². The summed E-state index contributed by atoms with van der Waals surface area (Å²) in [5.74, 6) is 1.33. The van der Waals surface area contributed by atoms with Crippen LogP contribution in [0.1, 0.15) is 20.7 Å². The average molecular weight is 422 g/mol. The van der Waals surface area contributed by atoms with Gasteiger partial charge in [-0.15, -0.1) is 0 Å². The highest BCUT2D eigenvalue weighted by Gasteiger charge is 2.35. The molecule has 0 saturated carbocycles. The molecule has 1 aromatic heterocycles. The molecule has 0 aliphatic carbocycles. The van der Waals surface area contributed by atoms with Crippen LogP contribution < -0.4 is 9.80 Å². The Bertz CT molecular complexity index is 934. The van der Waals surface area contributed by atoms with Gasteiger partial charge in [-0.2, -0.15) is 4.98 Å². The van der Waals surface area contributed by atoms with Crippen molar-refractivity contribution < 1.29 is 14.3 Å². The van der Waals surface area contributed by atoms with Crippen molar-refractivity contribution in [2.75, 3.05) is 75.4 Å². The number of anilines is 2. The van der Waals surface area contributed by atoms with E-state index in [0.717, 1.165) is 51.0 Å². The molecule has 3 aliphatic heterocycles. The van der Waals surface area contributed by atoms with Gasteiger partial charge >= 0.3 is 0 Å². The van der Waals surface area contributed by atoms with Crippen molar-refractivity contribution in [2.45, 2.75) is 0 Å². The van der Waals surface area contributed by atoms with E-state index in [2.05, 4.69) is 19.7 Å². The van der Waals surface area contributed by atoms with E-state index >= 15 is 0 Å². The van der Waals surface area contributed by atoms with Crippen molar-refractivity contribution >= 4 is 23.6 Å². The third kappa shape index (κ3) is 3.98. The molecule has 2 saturated heterocycles. The van der Waals surface area contributed by atoms with Gasteiger partial charge in [-0.05, 0) is 18.2 Å². The maximum atomic E-state index is 12.5. The monoisotopic (exact) mass is 422 g/mol. The number of piperazine rings is 1. The Labute approximate surface area is 181 Å². The normalized spacial score (nSPS) is 19.8. The molecule has 2 aromatic rings. The number of rotatable bonds is 5. The van der Waals surface area contributed by atoms with E-state index in [1.807, 2.05) is 12.3 Å². The molecule has 9 nitrogen and oxygen atoms in total. The van der Waals surface area contributed by atoms with Crippen molar-refractivity contribution in [1.29, 1.82) is 0 Å². The van der Waals surface area contributed by atoms with Crippen LogP contribution in [0.3, 0.4) is 0 Å². The topological polar surface area (TPSA) is 82.1 Å². The van der Waals surface area contributed by atoms with Crippen LogP contribution in [-0.4, -0.2) is 97.2 Å². The van der Waals surface area contributed by atoms with E-state index in [9.17, 15) is 9.59 Å². The molecular formula is C22H26N6O3. The highest BCUT2D eigenvalue weighted by Crippen LogP contribution is 2.22. The van der Waals surface area contributed by atoms with Crippen LogP contribution in [0.15, 0.2) is 36.5 Å². The Hall–Kier alpha value is -3.04. The van der Waals surface area contributed by atoms with Gasteiger partial charge in [0.25, 0.3) is 11.8 Å². The molecule has 0 spiro atoms. The van der Waals surface area contributed by atoms with Crippen LogP contribution in [0, 0.1) is 0 Å². The number of carbonyl (C=O) groups excluding carboxylic acids is 2. The predicted octanol–water partition coefficient (Wildman–Crippen LogP) is 0.731. The number of fused-ring (bicyclic) bond motifs is 1. The summed E-state index contributed by atoms with van der Waals surface area (Å²) in [5.41, 5.74) is 1.02. The summed E-state index contributed by atoms with van der Waals surface area (Å²) in [7, 11) is 0. The zero-order chi connectivity index (χ0) is 21.2. The third-order valence-electron chi connectivity index (χ3n) is 6.14. The summed E-state index contributed by atoms with van der Waals surface area (Å²) in [6.45, 7) is 7.56. The Kier molecular flexibility index (Phi) is 5.52. The zero-order valence-electron chi connectivity index (χ0n) is 17.4. The van der Waals surface area contributed by atoms with Gasteiger partial charge in [0.2, 0.25) is 5.95 Å². The molecule has 0 bridgehead atoms. The molecule has 0 N–H and O–H groups in total. The second kappa shape index (κ2) is 8.60. The summed E-state index contributed by atoms with van der Waals surface area (Å²) in [6.07, 6.45) is 1.82. The molecule has 5 rings (SSSR count). The summed E-state index contributed by atoms with van der Waals surface area (Å²) in [5, 5.41) is 0. The molecule has 0 atom stereocenters. The van der Waals surface area contributed by atoms with Gasteiger partial charge in [-0.1, -0.05) is 12.1 Å². The van der Waals surface area contributed by atoms with Gasteiger partial charge in [0.15, 0.2) is 0 Å². The molecule has 1 aromatic carbocycles. The minimum Gasteiger partial charge on any atom is -0.378 e. The highest BCUT2D eigenvalue weighted by atomic mass is 16.5. The lowest BCUT2D eigenvalue weighted by Crippen LogP contribution is -2.49. The number of hydrogen-bond donors (Lipinski definition) is 0. The largest absolute Gasteiger partial charge is 0.378 e. The maximum absolute atomic E-state index is 12.5. The highest BCUT2D eigenvalue weighted by molar-refractivity contribution is 6.21. The number of morpholine rings is 1. The third-order valence-corrected chi connectivity index (χ3v) is 6.14. The first-order valence-electron chi connectivity index (χ1n) is 10.8. The lowest BCUT2D eigenvalue weighted by atomic mass is 10.1. The summed E-state index contributed by atoms with van der Waals surface area (Å²) >= 11 is 0. The Morgan fingerprint density at radius 2 is 1.48 bits per heavy atom. The van der Waals surface area contributed by atoms with Crippen molar-refractivity contribution in [3.05, 3.63) is 47.7 Å². The van der Waals surface area contributed by atoms with E-state index in [1.165, 1.54) is 4.90 Å². The zero-order valence-corrected chi connectivity index (χ0v) is 17.4. The summed E-state index contributed by atoms with van der Waals surface area (Å²) in [6, 6.07) is 9.00. The van der Waals surface area contributed by atoms with Crippen LogP contribution in [0.25, 0.3) is 0 Å². The summed E-state index contributed by atoms with van der Waals surface area (Å²) in [4.78, 5) is 42.4. The van der Waals surface area contributed by atoms with E-state index in [4.69, 9.17) is 9.72 Å². The summed E-state index contributed by atoms with van der Waals surface area (Å²) < 4.78 is 5.41. The molecule has 2 amide bonds. The van der Waals surface area contributed by atoms with Crippen LogP contribution in [-0.2, 0) is 4.74 Å². The molecule has 2 fully saturated rings. The minimum absolute atomic E-state index is 0.184. The van der Waals surface area contributed by atoms with Crippen LogP contribution in [0.4, 0.5) is 11.8 Å². The SMILES string of the molecule is O=C1c2ccccc2C(=O)N1CCN1CCN(c2ccnc(N3CCOCC3)n2)CC1. The Morgan fingerprint density at radius 1 is 0.806 bits per heavy atom. The van der Waals surface area contributed by atoms with Crippen LogP contribution in [0.2, 0.25) is 0 Å². The van der Waals surface area contributed by atoms with Gasteiger partial charge < -0.3 is 14.5 Å². The van der Waals surface area contributed by atoms with Crippen molar-refractivity contribution in [2.24, 2.45) is 0 Å². The first-order valence-corrected chi connectivity index (χ1v) is 10.8. The van der Waals surface area contributed by atoms with Crippen molar-refractivity contribution in [3.8, 4) is 0 Å². The average Bonchev–Trinajstić information content (AvgIpc) is 3.08. The molecule has 162 valence electrons. The molecule has 9 heteroatoms. The fourth-order valence-corrected chi connectivity index (χ4v) is 4.32. The van der Waals surface area contributed by atoms with Gasteiger partial charge in [0.05, 0.1) is 24.3 Å². The second-order valence-electron chi connectivity index (χ2n) is 7.95. The Morgan fingerprint density at radius 3 is 2.16 bits per heavy atom. The molecule has 3 aliphatic rings. The molecule has 0 radical (unpaired) electrons. The number of hydrogen-bond acceptors (Lipinski definition) is 8. The molecule has 4 heterocycles. The van der Waals surface area contributed by atoms with E-state index in [1.54, 1.807) is 24.3 Å². The van der Waals surface area contributed by atoms with E-state index in [-0.39, 0.29) is 11.8 Å². The first kappa shape index (κ1) is 19.9. The molecule has 31 heavy (non-hydrogen) atoms. The van der Waals surface area contributed by atoms with Gasteiger partial charge in [-0.25, -0.2) is 4.98 Å². The smallest absolute Gasteiger partial charge is 0.261 e. The lowest BCUT2D eigenvalue weighted by Gasteiger charge is -2.36. The number of benzene rings is 1. The molecule has 0 unspecified atom stereocenters. The van der Waals surface area contributed by atoms with Crippen molar-refractivity contribution in [1.82, 2.24) is 19.8 Å². The quantitative estimate of drug-likeness (QED) is 0.653. The number of nitrogens with zero attached hydrogens (tertiary/aromatic N) is 6. The standard InChI is InChI=1S/C22H26N6O3/c29-20-17-3-1-2-4-18(17)21(30)28(20)12-9-25-7-10-26(11-8-25)19-5-6-23-22(24-19)27-13-15-31-16-14-27/h1-6H,7-16H2. The lowest BCUT2D eigenvalue weighted by molar-refractivity contribution is 0.0635. The van der Waals surface area contributed by atoms with E-state index < -0.39 is 0 Å². The first-order chi connectivity index (χ1) is 15.2. The number of aromatic nitrogens is 2. The van der Waals surface area contributed by atoms with Crippen LogP contribution >= 0.6 is 0 Å². The predicted molar refractivity (Wildman–Crippen MR) is 116 cm³/mol. The van der Waals surface area contributed by atoms with Gasteiger partial charge in [-0.3, -0.25) is 19.4 Å². The van der Waals surface area contributed by atoms with Crippen molar-refractivity contribution in [3.63, 3.8) is 0 Å². The van der Waals surface area contributed by atoms with Crippen LogP contribution in [0.5, 0.6) is 0 Å². The number of imide groups is 1. The second-order valence-corrected chi connectivity index (χ2v) is 7.95. The number of ether oxygens (including phenoxy) is 1. The maximum Gasteiger partial charge on any atom is 0.261 e. The van der Waals surface area contributed by atoms with Gasteiger partial charge in [0, 0.05) is 58.6 Å². The van der Waals surface area contributed by atoms with E-state index in [0.29, 0.717) is 37.4 Å². The Balaban J connectivity index is 1.15. The molecular weight excluding hydrogens is 396 g/mol. The number of amides is 2. The number of carbonyl (C=O) groups is 2. The minimum atomic E-state index is -0.184.